The van der Waals surface area contributed by atoms with Gasteiger partial charge in [0.25, 0.3) is 0 Å². The predicted molar refractivity (Wildman–Crippen MR) is 76.4 cm³/mol. The molecule has 1 aliphatic heterocycles. The summed E-state index contributed by atoms with van der Waals surface area (Å²) in [5.41, 5.74) is -0.0768. The number of alkyl halides is 3. The van der Waals surface area contributed by atoms with Gasteiger partial charge in [-0.2, -0.15) is 13.2 Å². The van der Waals surface area contributed by atoms with Crippen molar-refractivity contribution in [1.29, 1.82) is 0 Å². The molecule has 0 aliphatic carbocycles. The van der Waals surface area contributed by atoms with E-state index in [1.54, 1.807) is 6.07 Å². The summed E-state index contributed by atoms with van der Waals surface area (Å²) in [4.78, 5) is 2.13. The molecule has 1 atom stereocenters. The van der Waals surface area contributed by atoms with Crippen molar-refractivity contribution in [2.45, 2.75) is 25.7 Å². The van der Waals surface area contributed by atoms with Gasteiger partial charge in [-0.3, -0.25) is 4.90 Å². The molecular weight excluding hydrogens is 312 g/mol. The van der Waals surface area contributed by atoms with Crippen LogP contribution in [0, 0.1) is 0 Å². The van der Waals surface area contributed by atoms with Gasteiger partial charge in [-0.25, -0.2) is 0 Å². The third-order valence-corrected chi connectivity index (χ3v) is 3.36. The number of hydrogen-bond acceptors (Lipinski definition) is 2. The lowest BCUT2D eigenvalue weighted by Crippen LogP contribution is -2.48. The first-order chi connectivity index (χ1) is 8.84. The Hall–Kier alpha value is -0.490. The first kappa shape index (κ1) is 17.6. The summed E-state index contributed by atoms with van der Waals surface area (Å²) < 4.78 is 38.1. The fraction of sp³-hybridized carbons (Fsp3) is 0.538. The van der Waals surface area contributed by atoms with Crippen molar-refractivity contribution in [3.8, 4) is 0 Å². The van der Waals surface area contributed by atoms with Gasteiger partial charge in [-0.05, 0) is 30.7 Å². The Morgan fingerprint density at radius 2 is 2.05 bits per heavy atom. The first-order valence-electron chi connectivity index (χ1n) is 6.17. The zero-order valence-corrected chi connectivity index (χ0v) is 12.6. The molecule has 0 aromatic heterocycles. The van der Waals surface area contributed by atoms with E-state index >= 15 is 0 Å². The highest BCUT2D eigenvalue weighted by molar-refractivity contribution is 6.30. The summed E-state index contributed by atoms with van der Waals surface area (Å²) in [7, 11) is 0. The van der Waals surface area contributed by atoms with Crippen molar-refractivity contribution in [3.63, 3.8) is 0 Å². The Balaban J connectivity index is 0.00000200. The third-order valence-electron chi connectivity index (χ3n) is 3.14. The highest BCUT2D eigenvalue weighted by atomic mass is 35.5. The average Bonchev–Trinajstić information content (AvgIpc) is 2.26. The van der Waals surface area contributed by atoms with E-state index in [1.807, 2.05) is 0 Å². The quantitative estimate of drug-likeness (QED) is 0.892. The lowest BCUT2D eigenvalue weighted by Gasteiger charge is -2.32. The van der Waals surface area contributed by atoms with E-state index in [4.69, 9.17) is 11.6 Å². The van der Waals surface area contributed by atoms with Crippen LogP contribution in [-0.2, 0) is 12.7 Å². The lowest BCUT2D eigenvalue weighted by molar-refractivity contribution is -0.137. The predicted octanol–water partition coefficient (Wildman–Crippen LogP) is 3.57. The van der Waals surface area contributed by atoms with Gasteiger partial charge >= 0.3 is 6.18 Å². The van der Waals surface area contributed by atoms with Crippen molar-refractivity contribution in [3.05, 3.63) is 34.3 Å². The Bertz CT molecular complexity index is 452. The van der Waals surface area contributed by atoms with Crippen LogP contribution in [0.5, 0.6) is 0 Å². The Morgan fingerprint density at radius 3 is 2.65 bits per heavy atom. The summed E-state index contributed by atoms with van der Waals surface area (Å²) in [5, 5.41) is 3.43. The SMILES string of the molecule is C[C@@H]1CN(Cc2cc(Cl)cc(C(F)(F)F)c2)CCN1.Cl. The zero-order chi connectivity index (χ0) is 14.0. The minimum atomic E-state index is -4.35. The van der Waals surface area contributed by atoms with Gasteiger partial charge in [-0.1, -0.05) is 11.6 Å². The molecule has 0 saturated carbocycles. The molecule has 7 heteroatoms. The molecule has 2 rings (SSSR count). The van der Waals surface area contributed by atoms with Gasteiger partial charge in [0, 0.05) is 37.2 Å². The van der Waals surface area contributed by atoms with Gasteiger partial charge < -0.3 is 5.32 Å². The van der Waals surface area contributed by atoms with Crippen LogP contribution in [-0.4, -0.2) is 30.6 Å². The van der Waals surface area contributed by atoms with E-state index in [2.05, 4.69) is 17.1 Å². The van der Waals surface area contributed by atoms with Crippen LogP contribution in [0.15, 0.2) is 18.2 Å². The van der Waals surface area contributed by atoms with Crippen LogP contribution >= 0.6 is 24.0 Å². The molecule has 1 heterocycles. The van der Waals surface area contributed by atoms with Crippen molar-refractivity contribution in [2.75, 3.05) is 19.6 Å². The van der Waals surface area contributed by atoms with E-state index < -0.39 is 11.7 Å². The van der Waals surface area contributed by atoms with Crippen molar-refractivity contribution in [2.24, 2.45) is 0 Å². The summed E-state index contributed by atoms with van der Waals surface area (Å²) in [5.74, 6) is 0. The first-order valence-corrected chi connectivity index (χ1v) is 6.55. The molecule has 1 saturated heterocycles. The molecule has 0 unspecified atom stereocenters. The van der Waals surface area contributed by atoms with Crippen LogP contribution in [0.4, 0.5) is 13.2 Å². The molecule has 2 nitrogen and oxygen atoms in total. The zero-order valence-electron chi connectivity index (χ0n) is 11.0. The summed E-state index contributed by atoms with van der Waals surface area (Å²) in [6.45, 7) is 5.07. The maximum atomic E-state index is 12.7. The van der Waals surface area contributed by atoms with E-state index in [0.717, 1.165) is 25.7 Å². The van der Waals surface area contributed by atoms with Gasteiger partial charge in [0.05, 0.1) is 5.56 Å². The maximum absolute atomic E-state index is 12.7. The van der Waals surface area contributed by atoms with Crippen LogP contribution < -0.4 is 5.32 Å². The van der Waals surface area contributed by atoms with Crippen molar-refractivity contribution in [1.82, 2.24) is 10.2 Å². The highest BCUT2D eigenvalue weighted by Crippen LogP contribution is 2.32. The second-order valence-corrected chi connectivity index (χ2v) is 5.37. The molecule has 1 aliphatic rings. The molecule has 0 radical (unpaired) electrons. The van der Waals surface area contributed by atoms with Crippen molar-refractivity contribution < 1.29 is 13.2 Å². The topological polar surface area (TPSA) is 15.3 Å². The Morgan fingerprint density at radius 1 is 1.35 bits per heavy atom. The molecular formula is C13H17Cl2F3N2. The molecule has 0 amide bonds. The number of halogens is 5. The maximum Gasteiger partial charge on any atom is 0.416 e. The fourth-order valence-electron chi connectivity index (χ4n) is 2.32. The second-order valence-electron chi connectivity index (χ2n) is 4.94. The average molecular weight is 329 g/mol. The van der Waals surface area contributed by atoms with Crippen molar-refractivity contribution >= 4 is 24.0 Å². The van der Waals surface area contributed by atoms with E-state index in [0.29, 0.717) is 18.2 Å². The molecule has 20 heavy (non-hydrogen) atoms. The largest absolute Gasteiger partial charge is 0.416 e. The van der Waals surface area contributed by atoms with Crippen LogP contribution in [0.1, 0.15) is 18.1 Å². The van der Waals surface area contributed by atoms with Gasteiger partial charge in [-0.15, -0.1) is 12.4 Å². The monoisotopic (exact) mass is 328 g/mol. The summed E-state index contributed by atoms with van der Waals surface area (Å²) >= 11 is 5.77. The van der Waals surface area contributed by atoms with E-state index in [9.17, 15) is 13.2 Å². The molecule has 1 fully saturated rings. The van der Waals surface area contributed by atoms with Crippen LogP contribution in [0.2, 0.25) is 5.02 Å². The summed E-state index contributed by atoms with van der Waals surface area (Å²) in [6, 6.07) is 4.10. The normalized spacial score (nSPS) is 20.6. The minimum absolute atomic E-state index is 0. The van der Waals surface area contributed by atoms with Crippen LogP contribution in [0.3, 0.4) is 0 Å². The second kappa shape index (κ2) is 6.98. The number of hydrogen-bond donors (Lipinski definition) is 1. The van der Waals surface area contributed by atoms with E-state index in [1.165, 1.54) is 6.07 Å². The molecule has 0 bridgehead atoms. The molecule has 1 aromatic carbocycles. The molecule has 114 valence electrons. The molecule has 0 spiro atoms. The van der Waals surface area contributed by atoms with Gasteiger partial charge in [0.2, 0.25) is 0 Å². The minimum Gasteiger partial charge on any atom is -0.312 e. The number of benzene rings is 1. The Kier molecular flexibility index (Phi) is 6.13. The third kappa shape index (κ3) is 4.81. The standard InChI is InChI=1S/C13H16ClF3N2.ClH/c1-9-7-19(3-2-18-9)8-10-4-11(13(15,16)17)6-12(14)5-10;/h4-6,9,18H,2-3,7-8H2,1H3;1H/t9-;/m1./s1. The fourth-order valence-corrected chi connectivity index (χ4v) is 2.58. The Labute approximate surface area is 127 Å². The van der Waals surface area contributed by atoms with E-state index in [-0.39, 0.29) is 17.4 Å². The number of rotatable bonds is 2. The van der Waals surface area contributed by atoms with Gasteiger partial charge in [0.1, 0.15) is 0 Å². The lowest BCUT2D eigenvalue weighted by atomic mass is 10.1. The molecule has 1 aromatic rings. The number of nitrogens with zero attached hydrogens (tertiary/aromatic N) is 1. The highest BCUT2D eigenvalue weighted by Gasteiger charge is 2.31. The molecule has 1 N–H and O–H groups in total. The van der Waals surface area contributed by atoms with Crippen LogP contribution in [0.25, 0.3) is 0 Å². The number of nitrogens with one attached hydrogen (secondary N) is 1. The summed E-state index contributed by atoms with van der Waals surface area (Å²) in [6.07, 6.45) is -4.35. The number of piperazine rings is 1. The smallest absolute Gasteiger partial charge is 0.312 e. The van der Waals surface area contributed by atoms with Gasteiger partial charge in [0.15, 0.2) is 0 Å².